The van der Waals surface area contributed by atoms with Crippen LogP contribution in [0.15, 0.2) is 54.6 Å². The third-order valence-electron chi connectivity index (χ3n) is 3.88. The Balaban J connectivity index is 2.11. The third-order valence-corrected chi connectivity index (χ3v) is 3.88. The van der Waals surface area contributed by atoms with Crippen molar-refractivity contribution in [2.24, 2.45) is 0 Å². The van der Waals surface area contributed by atoms with Gasteiger partial charge >= 0.3 is 5.97 Å². The van der Waals surface area contributed by atoms with Crippen LogP contribution in [-0.2, 0) is 9.53 Å². The van der Waals surface area contributed by atoms with Crippen LogP contribution in [0.4, 0.5) is 0 Å². The second kappa shape index (κ2) is 5.52. The molecule has 2 aromatic rings. The number of benzene rings is 2. The summed E-state index contributed by atoms with van der Waals surface area (Å²) >= 11 is 0. The molecule has 0 fully saturated rings. The van der Waals surface area contributed by atoms with Crippen molar-refractivity contribution in [2.75, 3.05) is 6.61 Å². The highest BCUT2D eigenvalue weighted by Gasteiger charge is 2.45. The molecule has 0 radical (unpaired) electrons. The molecule has 0 bridgehead atoms. The van der Waals surface area contributed by atoms with E-state index in [0.29, 0.717) is 12.2 Å². The Labute approximate surface area is 123 Å². The molecule has 0 N–H and O–H groups in total. The fourth-order valence-electron chi connectivity index (χ4n) is 2.99. The number of carbonyl (C=O) groups excluding carboxylic acids is 2. The normalized spacial score (nSPS) is 20.1. The first kappa shape index (κ1) is 13.6. The van der Waals surface area contributed by atoms with E-state index >= 15 is 0 Å². The summed E-state index contributed by atoms with van der Waals surface area (Å²) in [5.74, 6) is -1.36. The quantitative estimate of drug-likeness (QED) is 0.810. The Morgan fingerprint density at radius 2 is 1.71 bits per heavy atom. The van der Waals surface area contributed by atoms with E-state index in [2.05, 4.69) is 0 Å². The molecule has 1 unspecified atom stereocenters. The second-order valence-corrected chi connectivity index (χ2v) is 5.07. The van der Waals surface area contributed by atoms with Gasteiger partial charge in [0.05, 0.1) is 18.4 Å². The van der Waals surface area contributed by atoms with E-state index in [0.717, 1.165) is 11.1 Å². The van der Waals surface area contributed by atoms with E-state index in [-0.39, 0.29) is 11.8 Å². The van der Waals surface area contributed by atoms with Gasteiger partial charge in [0.15, 0.2) is 5.78 Å². The number of hydrogen-bond donors (Lipinski definition) is 0. The molecule has 0 saturated carbocycles. The molecular formula is C18H16O3. The van der Waals surface area contributed by atoms with Gasteiger partial charge in [-0.25, -0.2) is 0 Å². The Morgan fingerprint density at radius 3 is 2.43 bits per heavy atom. The highest BCUT2D eigenvalue weighted by atomic mass is 16.5. The standard InChI is InChI=1S/C18H16O3/c1-2-21-18(20)16-13-10-6-7-11-14(13)17(19)15(16)12-8-4-3-5-9-12/h3-11,15-16H,2H2,1H3/t15?,16-/m1/s1. The lowest BCUT2D eigenvalue weighted by Gasteiger charge is -2.18. The highest BCUT2D eigenvalue weighted by Crippen LogP contribution is 2.44. The summed E-state index contributed by atoms with van der Waals surface area (Å²) < 4.78 is 5.19. The Hall–Kier alpha value is -2.42. The Morgan fingerprint density at radius 1 is 1.05 bits per heavy atom. The lowest BCUT2D eigenvalue weighted by molar-refractivity contribution is -0.145. The second-order valence-electron chi connectivity index (χ2n) is 5.07. The molecule has 3 rings (SSSR count). The summed E-state index contributed by atoms with van der Waals surface area (Å²) in [5.41, 5.74) is 2.26. The zero-order valence-electron chi connectivity index (χ0n) is 11.8. The number of rotatable bonds is 3. The van der Waals surface area contributed by atoms with E-state index < -0.39 is 11.8 Å². The van der Waals surface area contributed by atoms with Gasteiger partial charge in [-0.05, 0) is 18.1 Å². The topological polar surface area (TPSA) is 43.4 Å². The molecule has 0 spiro atoms. The fourth-order valence-corrected chi connectivity index (χ4v) is 2.99. The maximum Gasteiger partial charge on any atom is 0.314 e. The molecular weight excluding hydrogens is 264 g/mol. The van der Waals surface area contributed by atoms with Crippen LogP contribution >= 0.6 is 0 Å². The molecule has 0 aliphatic heterocycles. The van der Waals surface area contributed by atoms with Gasteiger partial charge in [-0.1, -0.05) is 54.6 Å². The van der Waals surface area contributed by atoms with Crippen molar-refractivity contribution in [3.05, 3.63) is 71.3 Å². The van der Waals surface area contributed by atoms with Crippen LogP contribution in [0.25, 0.3) is 0 Å². The van der Waals surface area contributed by atoms with Gasteiger partial charge in [0.1, 0.15) is 0 Å². The van der Waals surface area contributed by atoms with Crippen LogP contribution in [-0.4, -0.2) is 18.4 Å². The van der Waals surface area contributed by atoms with Crippen LogP contribution in [0.3, 0.4) is 0 Å². The SMILES string of the molecule is CCOC(=O)[C@@H]1c2ccccc2C(=O)C1c1ccccc1. The molecule has 3 nitrogen and oxygen atoms in total. The maximum atomic E-state index is 12.7. The first-order valence-electron chi connectivity index (χ1n) is 7.08. The monoisotopic (exact) mass is 280 g/mol. The molecule has 3 heteroatoms. The van der Waals surface area contributed by atoms with Crippen LogP contribution in [0.5, 0.6) is 0 Å². The van der Waals surface area contributed by atoms with Gasteiger partial charge in [-0.2, -0.15) is 0 Å². The summed E-state index contributed by atoms with van der Waals surface area (Å²) in [4.78, 5) is 25.1. The minimum Gasteiger partial charge on any atom is -0.465 e. The first-order valence-corrected chi connectivity index (χ1v) is 7.08. The van der Waals surface area contributed by atoms with Crippen LogP contribution < -0.4 is 0 Å². The molecule has 0 heterocycles. The number of carbonyl (C=O) groups is 2. The van der Waals surface area contributed by atoms with E-state index in [9.17, 15) is 9.59 Å². The maximum absolute atomic E-state index is 12.7. The molecule has 2 aromatic carbocycles. The molecule has 106 valence electrons. The highest BCUT2D eigenvalue weighted by molar-refractivity contribution is 6.10. The molecule has 1 aliphatic carbocycles. The smallest absolute Gasteiger partial charge is 0.314 e. The van der Waals surface area contributed by atoms with Crippen LogP contribution in [0.1, 0.15) is 40.2 Å². The number of Topliss-reactive ketones (excluding diaryl/α,β-unsaturated/α-hetero) is 1. The van der Waals surface area contributed by atoms with Gasteiger partial charge in [0, 0.05) is 5.56 Å². The molecule has 0 saturated heterocycles. The number of hydrogen-bond acceptors (Lipinski definition) is 3. The van der Waals surface area contributed by atoms with E-state index in [1.54, 1.807) is 13.0 Å². The zero-order chi connectivity index (χ0) is 14.8. The summed E-state index contributed by atoms with van der Waals surface area (Å²) in [6.45, 7) is 2.09. The predicted molar refractivity (Wildman–Crippen MR) is 79.3 cm³/mol. The Bertz CT molecular complexity index is 676. The third kappa shape index (κ3) is 2.25. The zero-order valence-corrected chi connectivity index (χ0v) is 11.8. The molecule has 2 atom stereocenters. The van der Waals surface area contributed by atoms with E-state index in [4.69, 9.17) is 4.74 Å². The van der Waals surface area contributed by atoms with Crippen LogP contribution in [0.2, 0.25) is 0 Å². The summed E-state index contributed by atoms with van der Waals surface area (Å²) in [7, 11) is 0. The first-order chi connectivity index (χ1) is 10.2. The van der Waals surface area contributed by atoms with Gasteiger partial charge in [-0.15, -0.1) is 0 Å². The predicted octanol–water partition coefficient (Wildman–Crippen LogP) is 3.31. The lowest BCUT2D eigenvalue weighted by Crippen LogP contribution is -2.21. The van der Waals surface area contributed by atoms with Crippen molar-refractivity contribution in [3.8, 4) is 0 Å². The molecule has 1 aliphatic rings. The molecule has 0 aromatic heterocycles. The van der Waals surface area contributed by atoms with Crippen LogP contribution in [0, 0.1) is 0 Å². The molecule has 0 amide bonds. The summed E-state index contributed by atoms with van der Waals surface area (Å²) in [6, 6.07) is 16.8. The average molecular weight is 280 g/mol. The van der Waals surface area contributed by atoms with E-state index in [1.807, 2.05) is 48.5 Å². The number of esters is 1. The molecule has 21 heavy (non-hydrogen) atoms. The number of fused-ring (bicyclic) bond motifs is 1. The minimum atomic E-state index is -0.545. The van der Waals surface area contributed by atoms with Crippen molar-refractivity contribution in [2.45, 2.75) is 18.8 Å². The van der Waals surface area contributed by atoms with Crippen molar-refractivity contribution < 1.29 is 14.3 Å². The van der Waals surface area contributed by atoms with Gasteiger partial charge in [0.2, 0.25) is 0 Å². The van der Waals surface area contributed by atoms with Crippen molar-refractivity contribution >= 4 is 11.8 Å². The summed E-state index contributed by atoms with van der Waals surface area (Å²) in [6.07, 6.45) is 0. The van der Waals surface area contributed by atoms with Crippen molar-refractivity contribution in [1.82, 2.24) is 0 Å². The average Bonchev–Trinajstić information content (AvgIpc) is 2.82. The lowest BCUT2D eigenvalue weighted by atomic mass is 9.86. The minimum absolute atomic E-state index is 0.00477. The van der Waals surface area contributed by atoms with Gasteiger partial charge in [0.25, 0.3) is 0 Å². The largest absolute Gasteiger partial charge is 0.465 e. The summed E-state index contributed by atoms with van der Waals surface area (Å²) in [5, 5.41) is 0. The van der Waals surface area contributed by atoms with Gasteiger partial charge in [-0.3, -0.25) is 9.59 Å². The Kier molecular flexibility index (Phi) is 3.57. The van der Waals surface area contributed by atoms with E-state index in [1.165, 1.54) is 0 Å². The number of ether oxygens (including phenoxy) is 1. The van der Waals surface area contributed by atoms with Gasteiger partial charge < -0.3 is 4.74 Å². The number of ketones is 1. The van der Waals surface area contributed by atoms with Crippen molar-refractivity contribution in [1.29, 1.82) is 0 Å². The fraction of sp³-hybridized carbons (Fsp3) is 0.222. The van der Waals surface area contributed by atoms with Crippen molar-refractivity contribution in [3.63, 3.8) is 0 Å².